The molecule has 0 aromatic carbocycles. The molecule has 3 aromatic heterocycles. The molecule has 0 saturated carbocycles. The van der Waals surface area contributed by atoms with Gasteiger partial charge in [-0.25, -0.2) is 0 Å². The van der Waals surface area contributed by atoms with Crippen molar-refractivity contribution in [3.63, 3.8) is 0 Å². The first-order valence-corrected chi connectivity index (χ1v) is 6.73. The Balaban J connectivity index is 1.61. The van der Waals surface area contributed by atoms with E-state index in [2.05, 4.69) is 20.5 Å². The van der Waals surface area contributed by atoms with Crippen molar-refractivity contribution in [2.75, 3.05) is 6.54 Å². The van der Waals surface area contributed by atoms with Gasteiger partial charge in [-0.1, -0.05) is 6.07 Å². The maximum absolute atomic E-state index is 12.0. The molecule has 0 atom stereocenters. The largest absolute Gasteiger partial charge is 0.352 e. The predicted octanol–water partition coefficient (Wildman–Crippen LogP) is 1.41. The minimum absolute atomic E-state index is 0.128. The minimum Gasteiger partial charge on any atom is -0.352 e. The molecule has 1 N–H and O–H groups in total. The molecule has 6 heteroatoms. The van der Waals surface area contributed by atoms with E-state index in [0.29, 0.717) is 18.5 Å². The van der Waals surface area contributed by atoms with Crippen LogP contribution < -0.4 is 5.32 Å². The number of hydrogen-bond acceptors (Lipinski definition) is 4. The van der Waals surface area contributed by atoms with Gasteiger partial charge < -0.3 is 5.32 Å². The van der Waals surface area contributed by atoms with E-state index in [-0.39, 0.29) is 5.91 Å². The fourth-order valence-corrected chi connectivity index (χ4v) is 2.05. The number of amides is 1. The molecular formula is C15H15N5O. The van der Waals surface area contributed by atoms with Crippen LogP contribution in [0.15, 0.2) is 42.7 Å². The molecule has 21 heavy (non-hydrogen) atoms. The van der Waals surface area contributed by atoms with Crippen LogP contribution in [0.25, 0.3) is 5.65 Å². The van der Waals surface area contributed by atoms with Crippen LogP contribution in [0.4, 0.5) is 0 Å². The highest BCUT2D eigenvalue weighted by atomic mass is 16.1. The molecule has 0 aliphatic heterocycles. The summed E-state index contributed by atoms with van der Waals surface area (Å²) in [5.74, 6) is 0.698. The Labute approximate surface area is 121 Å². The van der Waals surface area contributed by atoms with Crippen molar-refractivity contribution < 1.29 is 4.79 Å². The number of carbonyl (C=O) groups is 1. The normalized spacial score (nSPS) is 10.7. The lowest BCUT2D eigenvalue weighted by atomic mass is 10.2. The fourth-order valence-electron chi connectivity index (χ4n) is 2.05. The first kappa shape index (κ1) is 13.2. The lowest BCUT2D eigenvalue weighted by Gasteiger charge is -2.04. The number of aryl methyl sites for hydroxylation is 1. The van der Waals surface area contributed by atoms with Gasteiger partial charge in [-0.15, -0.1) is 10.2 Å². The average Bonchev–Trinajstić information content (AvgIpc) is 2.91. The molecule has 0 radical (unpaired) electrons. The lowest BCUT2D eigenvalue weighted by Crippen LogP contribution is -2.26. The molecule has 6 nitrogen and oxygen atoms in total. The topological polar surface area (TPSA) is 72.2 Å². The maximum Gasteiger partial charge on any atom is 0.252 e. The van der Waals surface area contributed by atoms with Gasteiger partial charge in [0.1, 0.15) is 5.82 Å². The Hall–Kier alpha value is -2.76. The van der Waals surface area contributed by atoms with E-state index in [1.165, 1.54) is 0 Å². The Morgan fingerprint density at radius 1 is 1.24 bits per heavy atom. The SMILES string of the molecule is Cc1ccc(C(=O)NCCc2nnc3ccccn23)cn1. The van der Waals surface area contributed by atoms with Gasteiger partial charge in [-0.05, 0) is 31.2 Å². The van der Waals surface area contributed by atoms with E-state index in [1.807, 2.05) is 41.8 Å². The molecule has 3 aromatic rings. The van der Waals surface area contributed by atoms with Gasteiger partial charge >= 0.3 is 0 Å². The first-order valence-electron chi connectivity index (χ1n) is 6.73. The van der Waals surface area contributed by atoms with Crippen LogP contribution in [-0.2, 0) is 6.42 Å². The summed E-state index contributed by atoms with van der Waals surface area (Å²) in [7, 11) is 0. The van der Waals surface area contributed by atoms with Crippen molar-refractivity contribution in [3.05, 3.63) is 59.8 Å². The van der Waals surface area contributed by atoms with Gasteiger partial charge in [0.15, 0.2) is 5.65 Å². The van der Waals surface area contributed by atoms with Crippen molar-refractivity contribution in [1.29, 1.82) is 0 Å². The predicted molar refractivity (Wildman–Crippen MR) is 78.0 cm³/mol. The van der Waals surface area contributed by atoms with E-state index in [1.54, 1.807) is 12.3 Å². The third kappa shape index (κ3) is 2.89. The van der Waals surface area contributed by atoms with E-state index < -0.39 is 0 Å². The van der Waals surface area contributed by atoms with Crippen molar-refractivity contribution in [2.24, 2.45) is 0 Å². The Kier molecular flexibility index (Phi) is 3.59. The average molecular weight is 281 g/mol. The van der Waals surface area contributed by atoms with Gasteiger partial charge in [0.2, 0.25) is 0 Å². The molecular weight excluding hydrogens is 266 g/mol. The molecule has 0 saturated heterocycles. The van der Waals surface area contributed by atoms with Gasteiger partial charge in [-0.3, -0.25) is 14.2 Å². The zero-order valence-corrected chi connectivity index (χ0v) is 11.7. The smallest absolute Gasteiger partial charge is 0.252 e. The van der Waals surface area contributed by atoms with Gasteiger partial charge in [-0.2, -0.15) is 0 Å². The molecule has 1 amide bonds. The van der Waals surface area contributed by atoms with E-state index in [9.17, 15) is 4.79 Å². The second-order valence-corrected chi connectivity index (χ2v) is 4.74. The maximum atomic E-state index is 12.0. The Morgan fingerprint density at radius 3 is 2.95 bits per heavy atom. The van der Waals surface area contributed by atoms with Crippen LogP contribution in [0.5, 0.6) is 0 Å². The number of nitrogens with one attached hydrogen (secondary N) is 1. The monoisotopic (exact) mass is 281 g/mol. The van der Waals surface area contributed by atoms with Crippen LogP contribution in [-0.4, -0.2) is 32.0 Å². The van der Waals surface area contributed by atoms with E-state index in [0.717, 1.165) is 17.2 Å². The third-order valence-corrected chi connectivity index (χ3v) is 3.19. The van der Waals surface area contributed by atoms with Crippen LogP contribution in [0.3, 0.4) is 0 Å². The van der Waals surface area contributed by atoms with Gasteiger partial charge in [0, 0.05) is 31.1 Å². The summed E-state index contributed by atoms with van der Waals surface area (Å²) in [6.45, 7) is 2.39. The summed E-state index contributed by atoms with van der Waals surface area (Å²) in [6.07, 6.45) is 4.11. The summed E-state index contributed by atoms with van der Waals surface area (Å²) in [5, 5.41) is 11.1. The first-order chi connectivity index (χ1) is 10.2. The van der Waals surface area contributed by atoms with Crippen molar-refractivity contribution in [1.82, 2.24) is 24.9 Å². The number of rotatable bonds is 4. The third-order valence-electron chi connectivity index (χ3n) is 3.19. The fraction of sp³-hybridized carbons (Fsp3) is 0.200. The summed E-state index contributed by atoms with van der Waals surface area (Å²) in [6, 6.07) is 9.33. The quantitative estimate of drug-likeness (QED) is 0.784. The van der Waals surface area contributed by atoms with E-state index >= 15 is 0 Å². The van der Waals surface area contributed by atoms with Gasteiger partial charge in [0.05, 0.1) is 5.56 Å². The summed E-state index contributed by atoms with van der Waals surface area (Å²) < 4.78 is 1.92. The molecule has 106 valence electrons. The van der Waals surface area contributed by atoms with Crippen molar-refractivity contribution in [3.8, 4) is 0 Å². The molecule has 0 aliphatic carbocycles. The summed E-state index contributed by atoms with van der Waals surface area (Å²) >= 11 is 0. The molecule has 3 heterocycles. The second kappa shape index (κ2) is 5.70. The number of nitrogens with zero attached hydrogens (tertiary/aromatic N) is 4. The van der Waals surface area contributed by atoms with Crippen LogP contribution in [0.2, 0.25) is 0 Å². The molecule has 3 rings (SSSR count). The van der Waals surface area contributed by atoms with Crippen LogP contribution in [0, 0.1) is 6.92 Å². The lowest BCUT2D eigenvalue weighted by molar-refractivity contribution is 0.0953. The number of carbonyl (C=O) groups excluding carboxylic acids is 1. The Morgan fingerprint density at radius 2 is 2.14 bits per heavy atom. The molecule has 0 unspecified atom stereocenters. The summed E-state index contributed by atoms with van der Waals surface area (Å²) in [4.78, 5) is 16.1. The summed E-state index contributed by atoms with van der Waals surface area (Å²) in [5.41, 5.74) is 2.26. The van der Waals surface area contributed by atoms with Crippen molar-refractivity contribution in [2.45, 2.75) is 13.3 Å². The zero-order chi connectivity index (χ0) is 14.7. The molecule has 0 fully saturated rings. The van der Waals surface area contributed by atoms with Crippen LogP contribution >= 0.6 is 0 Å². The zero-order valence-electron chi connectivity index (χ0n) is 11.7. The standard InChI is InChI=1S/C15H15N5O/c1-11-5-6-12(10-17-11)15(21)16-8-7-14-19-18-13-4-2-3-9-20(13)14/h2-6,9-10H,7-8H2,1H3,(H,16,21). The second-order valence-electron chi connectivity index (χ2n) is 4.74. The molecule has 0 aliphatic rings. The van der Waals surface area contributed by atoms with Crippen LogP contribution in [0.1, 0.15) is 21.9 Å². The van der Waals surface area contributed by atoms with Gasteiger partial charge in [0.25, 0.3) is 5.91 Å². The number of hydrogen-bond donors (Lipinski definition) is 1. The van der Waals surface area contributed by atoms with E-state index in [4.69, 9.17) is 0 Å². The number of fused-ring (bicyclic) bond motifs is 1. The Bertz CT molecular complexity index is 763. The highest BCUT2D eigenvalue weighted by molar-refractivity contribution is 5.93. The molecule has 0 bridgehead atoms. The van der Waals surface area contributed by atoms with Crippen molar-refractivity contribution >= 4 is 11.6 Å². The highest BCUT2D eigenvalue weighted by Gasteiger charge is 2.07. The minimum atomic E-state index is -0.128. The molecule has 0 spiro atoms. The number of aromatic nitrogens is 4. The number of pyridine rings is 2. The highest BCUT2D eigenvalue weighted by Crippen LogP contribution is 2.03.